The lowest BCUT2D eigenvalue weighted by Crippen LogP contribution is -2.17. The van der Waals surface area contributed by atoms with Crippen LogP contribution in [0.3, 0.4) is 0 Å². The summed E-state index contributed by atoms with van der Waals surface area (Å²) in [7, 11) is 0. The van der Waals surface area contributed by atoms with Gasteiger partial charge in [0.25, 0.3) is 0 Å². The second-order valence-corrected chi connectivity index (χ2v) is 5.14. The molecule has 0 saturated heterocycles. The van der Waals surface area contributed by atoms with E-state index in [1.807, 2.05) is 42.5 Å². The first-order valence-corrected chi connectivity index (χ1v) is 6.90. The molecule has 4 nitrogen and oxygen atoms in total. The molecule has 0 fully saturated rings. The van der Waals surface area contributed by atoms with Gasteiger partial charge in [-0.2, -0.15) is 5.10 Å². The zero-order valence-electron chi connectivity index (χ0n) is 11.2. The molecular formula is C16H13N3OS. The number of hydrogen-bond acceptors (Lipinski definition) is 3. The number of aromatic nitrogens is 2. The Kier molecular flexibility index (Phi) is 3.50. The summed E-state index contributed by atoms with van der Waals surface area (Å²) in [4.78, 5) is 12.2. The van der Waals surface area contributed by atoms with E-state index in [1.54, 1.807) is 10.7 Å². The number of rotatable bonds is 3. The molecular weight excluding hydrogens is 282 g/mol. The highest BCUT2D eigenvalue weighted by molar-refractivity contribution is 7.80. The summed E-state index contributed by atoms with van der Waals surface area (Å²) in [6.07, 6.45) is 1.34. The van der Waals surface area contributed by atoms with Crippen molar-refractivity contribution in [3.05, 3.63) is 76.1 Å². The topological polar surface area (TPSA) is 60.9 Å². The Labute approximate surface area is 126 Å². The molecule has 0 radical (unpaired) electrons. The summed E-state index contributed by atoms with van der Waals surface area (Å²) < 4.78 is 1.79. The SMILES string of the molecule is NC(=S)c1ccccc1Cn1ncc(=O)c2ccccc21. The van der Waals surface area contributed by atoms with Gasteiger partial charge in [-0.05, 0) is 17.7 Å². The fourth-order valence-corrected chi connectivity index (χ4v) is 2.55. The maximum atomic E-state index is 11.8. The molecule has 0 unspecified atom stereocenters. The van der Waals surface area contributed by atoms with E-state index in [9.17, 15) is 4.79 Å². The Hall–Kier alpha value is -2.53. The van der Waals surface area contributed by atoms with Crippen LogP contribution in [0, 0.1) is 0 Å². The molecule has 2 N–H and O–H groups in total. The Bertz CT molecular complexity index is 886. The first-order valence-electron chi connectivity index (χ1n) is 6.49. The Balaban J connectivity index is 2.14. The van der Waals surface area contributed by atoms with Gasteiger partial charge in [0.15, 0.2) is 0 Å². The maximum Gasteiger partial charge on any atom is 0.207 e. The van der Waals surface area contributed by atoms with E-state index in [1.165, 1.54) is 6.20 Å². The van der Waals surface area contributed by atoms with Crippen LogP contribution in [0.2, 0.25) is 0 Å². The van der Waals surface area contributed by atoms with Crippen LogP contribution in [0.5, 0.6) is 0 Å². The van der Waals surface area contributed by atoms with E-state index in [0.29, 0.717) is 16.9 Å². The minimum atomic E-state index is -0.0792. The lowest BCUT2D eigenvalue weighted by Gasteiger charge is -2.12. The molecule has 0 bridgehead atoms. The van der Waals surface area contributed by atoms with Gasteiger partial charge in [0, 0.05) is 10.9 Å². The van der Waals surface area contributed by atoms with E-state index in [-0.39, 0.29) is 5.43 Å². The quantitative estimate of drug-likeness (QED) is 0.752. The van der Waals surface area contributed by atoms with E-state index < -0.39 is 0 Å². The van der Waals surface area contributed by atoms with Gasteiger partial charge in [-0.15, -0.1) is 0 Å². The number of para-hydroxylation sites is 1. The molecule has 0 aliphatic carbocycles. The molecule has 1 aromatic heterocycles. The Morgan fingerprint density at radius 3 is 2.67 bits per heavy atom. The second kappa shape index (κ2) is 5.46. The molecule has 3 rings (SSSR count). The van der Waals surface area contributed by atoms with Gasteiger partial charge < -0.3 is 5.73 Å². The molecule has 0 spiro atoms. The third kappa shape index (κ3) is 2.55. The number of hydrogen-bond donors (Lipinski definition) is 1. The highest BCUT2D eigenvalue weighted by Crippen LogP contribution is 2.14. The van der Waals surface area contributed by atoms with Crippen molar-refractivity contribution in [3.63, 3.8) is 0 Å². The predicted octanol–water partition coefficient (Wildman–Crippen LogP) is 2.08. The first-order chi connectivity index (χ1) is 10.2. The van der Waals surface area contributed by atoms with Crippen LogP contribution in [0.25, 0.3) is 10.9 Å². The van der Waals surface area contributed by atoms with E-state index in [0.717, 1.165) is 16.6 Å². The molecule has 104 valence electrons. The van der Waals surface area contributed by atoms with Gasteiger partial charge in [-0.25, -0.2) is 0 Å². The molecule has 0 aliphatic heterocycles. The summed E-state index contributed by atoms with van der Waals surface area (Å²) >= 11 is 5.08. The smallest absolute Gasteiger partial charge is 0.207 e. The Morgan fingerprint density at radius 1 is 1.14 bits per heavy atom. The molecule has 0 atom stereocenters. The van der Waals surface area contributed by atoms with Crippen LogP contribution in [0.1, 0.15) is 11.1 Å². The second-order valence-electron chi connectivity index (χ2n) is 4.71. The number of thiocarbonyl (C=S) groups is 1. The summed E-state index contributed by atoms with van der Waals surface area (Å²) in [5.74, 6) is 0. The van der Waals surface area contributed by atoms with Crippen LogP contribution in [-0.4, -0.2) is 14.8 Å². The minimum Gasteiger partial charge on any atom is -0.389 e. The predicted molar refractivity (Wildman–Crippen MR) is 87.4 cm³/mol. The third-order valence-corrected chi connectivity index (χ3v) is 3.58. The molecule has 5 heteroatoms. The lowest BCUT2D eigenvalue weighted by atomic mass is 10.1. The van der Waals surface area contributed by atoms with Gasteiger partial charge in [0.1, 0.15) is 4.99 Å². The van der Waals surface area contributed by atoms with Crippen LogP contribution < -0.4 is 11.2 Å². The maximum absolute atomic E-state index is 11.8. The van der Waals surface area contributed by atoms with Crippen molar-refractivity contribution in [2.75, 3.05) is 0 Å². The zero-order valence-corrected chi connectivity index (χ0v) is 12.0. The van der Waals surface area contributed by atoms with Crippen LogP contribution >= 0.6 is 12.2 Å². The van der Waals surface area contributed by atoms with E-state index in [2.05, 4.69) is 5.10 Å². The number of nitrogens with two attached hydrogens (primary N) is 1. The minimum absolute atomic E-state index is 0.0792. The summed E-state index contributed by atoms with van der Waals surface area (Å²) in [6.45, 7) is 0.508. The normalized spacial score (nSPS) is 10.7. The lowest BCUT2D eigenvalue weighted by molar-refractivity contribution is 0.694. The molecule has 0 saturated carbocycles. The number of fused-ring (bicyclic) bond motifs is 1. The zero-order chi connectivity index (χ0) is 14.8. The average Bonchev–Trinajstić information content (AvgIpc) is 2.51. The van der Waals surface area contributed by atoms with Crippen molar-refractivity contribution in [2.45, 2.75) is 6.54 Å². The van der Waals surface area contributed by atoms with Crippen molar-refractivity contribution in [1.29, 1.82) is 0 Å². The van der Waals surface area contributed by atoms with Crippen LogP contribution in [-0.2, 0) is 6.54 Å². The average molecular weight is 295 g/mol. The summed E-state index contributed by atoms with van der Waals surface area (Å²) in [6, 6.07) is 15.1. The van der Waals surface area contributed by atoms with Crippen molar-refractivity contribution in [1.82, 2.24) is 9.78 Å². The van der Waals surface area contributed by atoms with Crippen molar-refractivity contribution in [3.8, 4) is 0 Å². The standard InChI is InChI=1S/C16H13N3OS/c17-16(21)12-6-2-1-5-11(12)10-19-14-8-4-3-7-13(14)15(20)9-18-19/h1-9H,10H2,(H2,17,21). The Morgan fingerprint density at radius 2 is 1.86 bits per heavy atom. The molecule has 21 heavy (non-hydrogen) atoms. The molecule has 3 aromatic rings. The fourth-order valence-electron chi connectivity index (χ4n) is 2.35. The largest absolute Gasteiger partial charge is 0.389 e. The van der Waals surface area contributed by atoms with Crippen LogP contribution in [0.4, 0.5) is 0 Å². The van der Waals surface area contributed by atoms with Crippen molar-refractivity contribution >= 4 is 28.1 Å². The van der Waals surface area contributed by atoms with Gasteiger partial charge in [0.2, 0.25) is 5.43 Å². The molecule has 1 heterocycles. The number of benzene rings is 2. The highest BCUT2D eigenvalue weighted by atomic mass is 32.1. The third-order valence-electron chi connectivity index (χ3n) is 3.36. The first kappa shape index (κ1) is 13.5. The van der Waals surface area contributed by atoms with Gasteiger partial charge >= 0.3 is 0 Å². The molecule has 0 amide bonds. The molecule has 0 aliphatic rings. The van der Waals surface area contributed by atoms with Gasteiger partial charge in [-0.3, -0.25) is 9.48 Å². The fraction of sp³-hybridized carbons (Fsp3) is 0.0625. The monoisotopic (exact) mass is 295 g/mol. The number of nitrogens with zero attached hydrogens (tertiary/aromatic N) is 2. The van der Waals surface area contributed by atoms with Crippen molar-refractivity contribution in [2.24, 2.45) is 5.73 Å². The van der Waals surface area contributed by atoms with E-state index in [4.69, 9.17) is 18.0 Å². The van der Waals surface area contributed by atoms with Crippen molar-refractivity contribution < 1.29 is 0 Å². The summed E-state index contributed by atoms with van der Waals surface area (Å²) in [5.41, 5.74) is 8.28. The van der Waals surface area contributed by atoms with Gasteiger partial charge in [-0.1, -0.05) is 48.6 Å². The highest BCUT2D eigenvalue weighted by Gasteiger charge is 2.08. The van der Waals surface area contributed by atoms with Gasteiger partial charge in [0.05, 0.1) is 18.3 Å². The van der Waals surface area contributed by atoms with Crippen LogP contribution in [0.15, 0.2) is 59.5 Å². The van der Waals surface area contributed by atoms with E-state index >= 15 is 0 Å². The molecule has 2 aromatic carbocycles. The summed E-state index contributed by atoms with van der Waals surface area (Å²) in [5, 5.41) is 4.88.